The Morgan fingerprint density at radius 1 is 1.15 bits per heavy atom. The van der Waals surface area contributed by atoms with Crippen LogP contribution >= 0.6 is 0 Å². The monoisotopic (exact) mass is 273 g/mol. The third-order valence-corrected chi connectivity index (χ3v) is 3.31. The molecule has 2 N–H and O–H groups in total. The molecule has 2 aromatic rings. The van der Waals surface area contributed by atoms with Crippen LogP contribution in [0.4, 0.5) is 10.1 Å². The smallest absolute Gasteiger partial charge is 0.128 e. The van der Waals surface area contributed by atoms with E-state index in [-0.39, 0.29) is 18.5 Å². The molecule has 0 aliphatic carbocycles. The Hall–Kier alpha value is -1.87. The Kier molecular flexibility index (Phi) is 5.13. The fourth-order valence-electron chi connectivity index (χ4n) is 2.25. The summed E-state index contributed by atoms with van der Waals surface area (Å²) >= 11 is 0. The Bertz CT molecular complexity index is 556. The number of hydrogen-bond donors (Lipinski definition) is 2. The number of anilines is 1. The van der Waals surface area contributed by atoms with Gasteiger partial charge in [-0.05, 0) is 43.5 Å². The molecule has 0 radical (unpaired) electrons. The Morgan fingerprint density at radius 3 is 2.70 bits per heavy atom. The lowest BCUT2D eigenvalue weighted by atomic mass is 10.1. The zero-order chi connectivity index (χ0) is 14.4. The summed E-state index contributed by atoms with van der Waals surface area (Å²) in [5, 5.41) is 12.2. The average molecular weight is 273 g/mol. The number of rotatable bonds is 6. The summed E-state index contributed by atoms with van der Waals surface area (Å²) in [6, 6.07) is 14.7. The van der Waals surface area contributed by atoms with E-state index in [1.807, 2.05) is 37.3 Å². The molecular formula is C17H20FNO. The lowest BCUT2D eigenvalue weighted by molar-refractivity contribution is 0.288. The Labute approximate surface area is 119 Å². The van der Waals surface area contributed by atoms with Gasteiger partial charge in [-0.25, -0.2) is 4.39 Å². The first-order valence-electron chi connectivity index (χ1n) is 6.91. The molecule has 2 nitrogen and oxygen atoms in total. The maximum Gasteiger partial charge on any atom is 0.128 e. The minimum absolute atomic E-state index is 0.0932. The number of nitrogens with one attached hydrogen (secondary N) is 1. The third-order valence-electron chi connectivity index (χ3n) is 3.31. The lowest BCUT2D eigenvalue weighted by Crippen LogP contribution is -2.08. The van der Waals surface area contributed by atoms with Gasteiger partial charge in [-0.3, -0.25) is 0 Å². The predicted octanol–water partition coefficient (Wildman–Crippen LogP) is 3.92. The number of aliphatic hydroxyl groups excluding tert-OH is 1. The summed E-state index contributed by atoms with van der Waals surface area (Å²) in [5.74, 6) is -0.191. The molecule has 0 amide bonds. The van der Waals surface area contributed by atoms with Gasteiger partial charge in [-0.15, -0.1) is 0 Å². The van der Waals surface area contributed by atoms with Crippen LogP contribution in [0.3, 0.4) is 0 Å². The summed E-state index contributed by atoms with van der Waals surface area (Å²) in [5.41, 5.74) is 2.80. The molecule has 1 atom stereocenters. The summed E-state index contributed by atoms with van der Waals surface area (Å²) in [4.78, 5) is 0. The van der Waals surface area contributed by atoms with Crippen molar-refractivity contribution < 1.29 is 9.50 Å². The van der Waals surface area contributed by atoms with E-state index in [1.54, 1.807) is 12.1 Å². The molecule has 0 aliphatic heterocycles. The maximum absolute atomic E-state index is 13.7. The zero-order valence-corrected chi connectivity index (χ0v) is 11.6. The molecule has 106 valence electrons. The average Bonchev–Trinajstić information content (AvgIpc) is 2.46. The molecule has 0 saturated carbocycles. The molecule has 2 rings (SSSR count). The van der Waals surface area contributed by atoms with E-state index in [9.17, 15) is 4.39 Å². The first-order chi connectivity index (χ1) is 9.70. The zero-order valence-electron chi connectivity index (χ0n) is 11.6. The molecule has 20 heavy (non-hydrogen) atoms. The number of aliphatic hydroxyl groups is 1. The minimum atomic E-state index is -0.191. The second kappa shape index (κ2) is 7.06. The van der Waals surface area contributed by atoms with E-state index < -0.39 is 0 Å². The largest absolute Gasteiger partial charge is 0.396 e. The van der Waals surface area contributed by atoms with Gasteiger partial charge in [0.25, 0.3) is 0 Å². The highest BCUT2D eigenvalue weighted by Gasteiger charge is 2.09. The summed E-state index contributed by atoms with van der Waals surface area (Å²) in [7, 11) is 0. The topological polar surface area (TPSA) is 32.3 Å². The van der Waals surface area contributed by atoms with Crippen molar-refractivity contribution in [1.82, 2.24) is 0 Å². The molecule has 2 aromatic carbocycles. The van der Waals surface area contributed by atoms with Crippen LogP contribution in [0.1, 0.15) is 30.5 Å². The Morgan fingerprint density at radius 2 is 1.95 bits per heavy atom. The number of hydrogen-bond acceptors (Lipinski definition) is 2. The molecule has 0 aliphatic rings. The second-order valence-electron chi connectivity index (χ2n) is 4.92. The standard InChI is InChI=1S/C17H20FNO/c1-13(16-9-2-3-10-17(16)18)19-15-8-4-6-14(12-15)7-5-11-20/h2-4,6,8-10,12-13,19-20H,5,7,11H2,1H3. The van der Waals surface area contributed by atoms with Gasteiger partial charge >= 0.3 is 0 Å². The van der Waals surface area contributed by atoms with Gasteiger partial charge in [0, 0.05) is 17.9 Å². The quantitative estimate of drug-likeness (QED) is 0.836. The van der Waals surface area contributed by atoms with Crippen molar-refractivity contribution in [1.29, 1.82) is 0 Å². The first kappa shape index (κ1) is 14.5. The van der Waals surface area contributed by atoms with E-state index in [2.05, 4.69) is 5.32 Å². The molecule has 0 saturated heterocycles. The predicted molar refractivity (Wildman–Crippen MR) is 80.3 cm³/mol. The molecule has 0 bridgehead atoms. The molecule has 0 spiro atoms. The molecule has 0 heterocycles. The van der Waals surface area contributed by atoms with Crippen LogP contribution in [0.15, 0.2) is 48.5 Å². The van der Waals surface area contributed by atoms with E-state index in [4.69, 9.17) is 5.11 Å². The van der Waals surface area contributed by atoms with Gasteiger partial charge in [0.1, 0.15) is 5.82 Å². The number of aryl methyl sites for hydroxylation is 1. The van der Waals surface area contributed by atoms with Crippen LogP contribution in [0, 0.1) is 5.82 Å². The van der Waals surface area contributed by atoms with Gasteiger partial charge < -0.3 is 10.4 Å². The number of benzene rings is 2. The Balaban J connectivity index is 2.08. The maximum atomic E-state index is 13.7. The van der Waals surface area contributed by atoms with Crippen molar-refractivity contribution in [2.45, 2.75) is 25.8 Å². The molecule has 0 fully saturated rings. The van der Waals surface area contributed by atoms with Crippen molar-refractivity contribution >= 4 is 5.69 Å². The van der Waals surface area contributed by atoms with Crippen LogP contribution in [0.2, 0.25) is 0 Å². The van der Waals surface area contributed by atoms with Crippen molar-refractivity contribution in [3.63, 3.8) is 0 Å². The summed E-state index contributed by atoms with van der Waals surface area (Å²) < 4.78 is 13.7. The second-order valence-corrected chi connectivity index (χ2v) is 4.92. The highest BCUT2D eigenvalue weighted by Crippen LogP contribution is 2.22. The van der Waals surface area contributed by atoms with Gasteiger partial charge in [-0.2, -0.15) is 0 Å². The molecule has 1 unspecified atom stereocenters. The SMILES string of the molecule is CC(Nc1cccc(CCCO)c1)c1ccccc1F. The van der Waals surface area contributed by atoms with Crippen molar-refractivity contribution in [3.05, 3.63) is 65.5 Å². The van der Waals surface area contributed by atoms with Gasteiger partial charge in [-0.1, -0.05) is 30.3 Å². The van der Waals surface area contributed by atoms with Crippen LogP contribution in [-0.2, 0) is 6.42 Å². The number of halogens is 1. The highest BCUT2D eigenvalue weighted by atomic mass is 19.1. The van der Waals surface area contributed by atoms with Gasteiger partial charge in [0.2, 0.25) is 0 Å². The van der Waals surface area contributed by atoms with Crippen LogP contribution in [-0.4, -0.2) is 11.7 Å². The fourth-order valence-corrected chi connectivity index (χ4v) is 2.25. The highest BCUT2D eigenvalue weighted by molar-refractivity contribution is 5.47. The van der Waals surface area contributed by atoms with Crippen LogP contribution in [0.25, 0.3) is 0 Å². The molecular weight excluding hydrogens is 253 g/mol. The van der Waals surface area contributed by atoms with Crippen molar-refractivity contribution in [2.24, 2.45) is 0 Å². The van der Waals surface area contributed by atoms with E-state index in [0.717, 1.165) is 18.5 Å². The van der Waals surface area contributed by atoms with Crippen LogP contribution in [0.5, 0.6) is 0 Å². The van der Waals surface area contributed by atoms with Crippen molar-refractivity contribution in [2.75, 3.05) is 11.9 Å². The summed E-state index contributed by atoms with van der Waals surface area (Å²) in [6.45, 7) is 2.14. The normalized spacial score (nSPS) is 12.2. The minimum Gasteiger partial charge on any atom is -0.396 e. The van der Waals surface area contributed by atoms with Gasteiger partial charge in [0.05, 0.1) is 6.04 Å². The van der Waals surface area contributed by atoms with Crippen molar-refractivity contribution in [3.8, 4) is 0 Å². The van der Waals surface area contributed by atoms with Gasteiger partial charge in [0.15, 0.2) is 0 Å². The molecule has 0 aromatic heterocycles. The van der Waals surface area contributed by atoms with E-state index in [1.165, 1.54) is 11.6 Å². The van der Waals surface area contributed by atoms with E-state index >= 15 is 0 Å². The van der Waals surface area contributed by atoms with Crippen LogP contribution < -0.4 is 5.32 Å². The molecule has 3 heteroatoms. The van der Waals surface area contributed by atoms with E-state index in [0.29, 0.717) is 5.56 Å². The lowest BCUT2D eigenvalue weighted by Gasteiger charge is -2.17. The first-order valence-corrected chi connectivity index (χ1v) is 6.91. The third kappa shape index (κ3) is 3.81. The summed E-state index contributed by atoms with van der Waals surface area (Å²) in [6.07, 6.45) is 1.60. The fraction of sp³-hybridized carbons (Fsp3) is 0.294.